The summed E-state index contributed by atoms with van der Waals surface area (Å²) in [7, 11) is 0. The van der Waals surface area contributed by atoms with Crippen LogP contribution in [0.3, 0.4) is 0 Å². The maximum Gasteiger partial charge on any atom is 0.112 e. The van der Waals surface area contributed by atoms with Crippen molar-refractivity contribution in [1.82, 2.24) is 9.97 Å². The van der Waals surface area contributed by atoms with Gasteiger partial charge in [0, 0.05) is 17.4 Å². The molecule has 0 amide bonds. The molecule has 0 saturated carbocycles. The van der Waals surface area contributed by atoms with Crippen molar-refractivity contribution in [2.75, 3.05) is 0 Å². The Morgan fingerprint density at radius 1 is 1.53 bits per heavy atom. The topological polar surface area (TPSA) is 68.8 Å². The number of nitrogens with one attached hydrogen (secondary N) is 1. The Balaban J connectivity index is 2.30. The van der Waals surface area contributed by atoms with Crippen molar-refractivity contribution in [3.8, 4) is 11.3 Å². The van der Waals surface area contributed by atoms with Crippen molar-refractivity contribution >= 4 is 17.6 Å². The fraction of sp³-hybridized carbons (Fsp3) is 0.167. The van der Waals surface area contributed by atoms with Gasteiger partial charge in [-0.05, 0) is 30.2 Å². The van der Waals surface area contributed by atoms with Gasteiger partial charge in [-0.1, -0.05) is 17.7 Å². The molecule has 0 spiro atoms. The summed E-state index contributed by atoms with van der Waals surface area (Å²) in [4.78, 5) is 17.3. The van der Waals surface area contributed by atoms with Crippen molar-refractivity contribution < 1.29 is 9.90 Å². The van der Waals surface area contributed by atoms with E-state index in [0.717, 1.165) is 16.8 Å². The molecule has 0 radical (unpaired) electrons. The number of aryl methyl sites for hydroxylation is 1. The molecule has 0 fully saturated rings. The molecule has 0 saturated heterocycles. The van der Waals surface area contributed by atoms with Gasteiger partial charge in [0.25, 0.3) is 0 Å². The molecule has 1 heterocycles. The number of aromatic nitrogens is 2. The largest absolute Gasteiger partial charge is 0.550 e. The molecule has 4 nitrogen and oxygen atoms in total. The van der Waals surface area contributed by atoms with E-state index in [1.54, 1.807) is 12.3 Å². The van der Waals surface area contributed by atoms with Crippen LogP contribution >= 0.6 is 11.6 Å². The quantitative estimate of drug-likeness (QED) is 0.892. The van der Waals surface area contributed by atoms with Crippen LogP contribution < -0.4 is 5.11 Å². The van der Waals surface area contributed by atoms with Crippen LogP contribution in [0.15, 0.2) is 24.4 Å². The molecule has 17 heavy (non-hydrogen) atoms. The first kappa shape index (κ1) is 11.7. The highest BCUT2D eigenvalue weighted by atomic mass is 35.5. The van der Waals surface area contributed by atoms with Crippen LogP contribution in [0, 0.1) is 6.92 Å². The molecule has 0 unspecified atom stereocenters. The summed E-state index contributed by atoms with van der Waals surface area (Å²) in [5, 5.41) is 11.1. The second-order valence-electron chi connectivity index (χ2n) is 3.76. The third-order valence-electron chi connectivity index (χ3n) is 2.41. The lowest BCUT2D eigenvalue weighted by molar-refractivity contribution is -0.304. The maximum absolute atomic E-state index is 10.4. The Morgan fingerprint density at radius 2 is 2.29 bits per heavy atom. The summed E-state index contributed by atoms with van der Waals surface area (Å²) in [6.45, 7) is 1.91. The normalized spacial score (nSPS) is 10.5. The molecular weight excluding hydrogens is 240 g/mol. The molecule has 0 atom stereocenters. The van der Waals surface area contributed by atoms with Crippen LogP contribution in [0.25, 0.3) is 11.3 Å². The second-order valence-corrected chi connectivity index (χ2v) is 4.16. The van der Waals surface area contributed by atoms with Gasteiger partial charge in [0.05, 0.1) is 11.9 Å². The zero-order valence-corrected chi connectivity index (χ0v) is 9.91. The number of aliphatic carboxylic acids is 1. The summed E-state index contributed by atoms with van der Waals surface area (Å²) in [5.41, 5.74) is 2.64. The first-order valence-corrected chi connectivity index (χ1v) is 5.44. The molecule has 2 aromatic rings. The van der Waals surface area contributed by atoms with E-state index in [9.17, 15) is 9.90 Å². The molecule has 1 aromatic heterocycles. The van der Waals surface area contributed by atoms with E-state index < -0.39 is 5.97 Å². The predicted molar refractivity (Wildman–Crippen MR) is 62.5 cm³/mol. The Labute approximate surface area is 103 Å². The van der Waals surface area contributed by atoms with Crippen molar-refractivity contribution in [1.29, 1.82) is 0 Å². The van der Waals surface area contributed by atoms with Crippen molar-refractivity contribution in [2.45, 2.75) is 13.3 Å². The summed E-state index contributed by atoms with van der Waals surface area (Å²) >= 11 is 5.93. The maximum atomic E-state index is 10.4. The minimum atomic E-state index is -1.15. The SMILES string of the molecule is Cc1cc(-c2cnc(CC(=O)[O-])[nH]2)ccc1Cl. The molecule has 1 N–H and O–H groups in total. The van der Waals surface area contributed by atoms with Gasteiger partial charge in [0.2, 0.25) is 0 Å². The van der Waals surface area contributed by atoms with Crippen molar-refractivity contribution in [3.63, 3.8) is 0 Å². The van der Waals surface area contributed by atoms with E-state index in [0.29, 0.717) is 10.8 Å². The zero-order chi connectivity index (χ0) is 12.4. The average molecular weight is 250 g/mol. The molecule has 5 heteroatoms. The lowest BCUT2D eigenvalue weighted by Gasteiger charge is -2.02. The Kier molecular flexibility index (Phi) is 3.15. The lowest BCUT2D eigenvalue weighted by Crippen LogP contribution is -2.24. The lowest BCUT2D eigenvalue weighted by atomic mass is 10.1. The third kappa shape index (κ3) is 2.65. The van der Waals surface area contributed by atoms with E-state index in [-0.39, 0.29) is 6.42 Å². The number of H-pyrrole nitrogens is 1. The van der Waals surface area contributed by atoms with Gasteiger partial charge in [-0.2, -0.15) is 0 Å². The number of benzene rings is 1. The number of carbonyl (C=O) groups is 1. The van der Waals surface area contributed by atoms with Gasteiger partial charge < -0.3 is 14.9 Å². The third-order valence-corrected chi connectivity index (χ3v) is 2.83. The van der Waals surface area contributed by atoms with E-state index in [2.05, 4.69) is 9.97 Å². The smallest absolute Gasteiger partial charge is 0.112 e. The summed E-state index contributed by atoms with van der Waals surface area (Å²) in [6.07, 6.45) is 1.38. The summed E-state index contributed by atoms with van der Waals surface area (Å²) < 4.78 is 0. The van der Waals surface area contributed by atoms with Crippen LogP contribution in [0.1, 0.15) is 11.4 Å². The highest BCUT2D eigenvalue weighted by molar-refractivity contribution is 6.31. The molecule has 0 aliphatic heterocycles. The minimum Gasteiger partial charge on any atom is -0.550 e. The highest BCUT2D eigenvalue weighted by Crippen LogP contribution is 2.23. The Morgan fingerprint density at radius 3 is 2.94 bits per heavy atom. The van der Waals surface area contributed by atoms with Gasteiger partial charge in [-0.3, -0.25) is 0 Å². The summed E-state index contributed by atoms with van der Waals surface area (Å²) in [6, 6.07) is 5.57. The second kappa shape index (κ2) is 4.59. The molecular formula is C12H10ClN2O2-. The Bertz CT molecular complexity index is 563. The number of imidazole rings is 1. The van der Waals surface area contributed by atoms with Crippen LogP contribution in [0.4, 0.5) is 0 Å². The first-order chi connectivity index (χ1) is 8.06. The molecule has 1 aromatic carbocycles. The van der Waals surface area contributed by atoms with E-state index in [4.69, 9.17) is 11.6 Å². The monoisotopic (exact) mass is 249 g/mol. The van der Waals surface area contributed by atoms with Crippen molar-refractivity contribution in [2.24, 2.45) is 0 Å². The molecule has 0 bridgehead atoms. The molecule has 0 aliphatic carbocycles. The molecule has 88 valence electrons. The zero-order valence-electron chi connectivity index (χ0n) is 9.16. The number of halogens is 1. The van der Waals surface area contributed by atoms with E-state index >= 15 is 0 Å². The number of rotatable bonds is 3. The van der Waals surface area contributed by atoms with Crippen LogP contribution in [-0.4, -0.2) is 15.9 Å². The molecule has 2 rings (SSSR count). The Hall–Kier alpha value is -1.81. The number of carbonyl (C=O) groups excluding carboxylic acids is 1. The van der Waals surface area contributed by atoms with Crippen molar-refractivity contribution in [3.05, 3.63) is 40.8 Å². The van der Waals surface area contributed by atoms with E-state index in [1.165, 1.54) is 0 Å². The van der Waals surface area contributed by atoms with Crippen LogP contribution in [0.2, 0.25) is 5.02 Å². The minimum absolute atomic E-state index is 0.216. The number of hydrogen-bond donors (Lipinski definition) is 1. The van der Waals surface area contributed by atoms with Gasteiger partial charge in [-0.15, -0.1) is 0 Å². The fourth-order valence-corrected chi connectivity index (χ4v) is 1.67. The van der Waals surface area contributed by atoms with Gasteiger partial charge in [0.1, 0.15) is 5.82 Å². The van der Waals surface area contributed by atoms with E-state index in [1.807, 2.05) is 19.1 Å². The van der Waals surface area contributed by atoms with Crippen LogP contribution in [0.5, 0.6) is 0 Å². The predicted octanol–water partition coefficient (Wildman–Crippen LogP) is 1.33. The van der Waals surface area contributed by atoms with Gasteiger partial charge >= 0.3 is 0 Å². The number of aromatic amines is 1. The standard InChI is InChI=1S/C12H11ClN2O2/c1-7-4-8(2-3-9(7)13)10-6-14-11(15-10)5-12(16)17/h2-4,6H,5H2,1H3,(H,14,15)(H,16,17)/p-1. The highest BCUT2D eigenvalue weighted by Gasteiger charge is 2.05. The first-order valence-electron chi connectivity index (χ1n) is 5.06. The van der Waals surface area contributed by atoms with Gasteiger partial charge in [-0.25, -0.2) is 4.98 Å². The van der Waals surface area contributed by atoms with Gasteiger partial charge in [0.15, 0.2) is 0 Å². The number of carboxylic acid groups (broad SMARTS) is 1. The average Bonchev–Trinajstić information content (AvgIpc) is 2.69. The van der Waals surface area contributed by atoms with Crippen LogP contribution in [-0.2, 0) is 11.2 Å². The fourth-order valence-electron chi connectivity index (χ4n) is 1.55. The number of carboxylic acids is 1. The number of nitrogens with zero attached hydrogens (tertiary/aromatic N) is 1. The molecule has 0 aliphatic rings. The summed E-state index contributed by atoms with van der Waals surface area (Å²) in [5.74, 6) is -0.772. The number of hydrogen-bond acceptors (Lipinski definition) is 3.